The predicted octanol–water partition coefficient (Wildman–Crippen LogP) is 3.49. The maximum Gasteiger partial charge on any atom is 0.262 e. The van der Waals surface area contributed by atoms with Crippen molar-refractivity contribution in [3.05, 3.63) is 58.3 Å². The Labute approximate surface area is 152 Å². The fraction of sp³-hybridized carbons (Fsp3) is 0.400. The number of carbonyl (C=O) groups is 2. The van der Waals surface area contributed by atoms with E-state index in [-0.39, 0.29) is 11.8 Å². The van der Waals surface area contributed by atoms with Gasteiger partial charge in [0.1, 0.15) is 6.04 Å². The van der Waals surface area contributed by atoms with Crippen molar-refractivity contribution in [3.63, 3.8) is 0 Å². The van der Waals surface area contributed by atoms with Gasteiger partial charge in [-0.05, 0) is 29.9 Å². The quantitative estimate of drug-likeness (QED) is 0.891. The summed E-state index contributed by atoms with van der Waals surface area (Å²) in [7, 11) is 0. The van der Waals surface area contributed by atoms with Crippen LogP contribution in [0, 0.1) is 0 Å². The zero-order valence-corrected chi connectivity index (χ0v) is 15.1. The number of thiophene rings is 1. The minimum absolute atomic E-state index is 0.0376. The van der Waals surface area contributed by atoms with Gasteiger partial charge in [0.05, 0.1) is 4.88 Å². The molecule has 0 aliphatic carbocycles. The predicted molar refractivity (Wildman–Crippen MR) is 101 cm³/mol. The van der Waals surface area contributed by atoms with E-state index in [1.54, 1.807) is 6.07 Å². The molecule has 0 saturated carbocycles. The first kappa shape index (κ1) is 17.7. The molecular formula is C20H24N2O2S. The first-order valence-corrected chi connectivity index (χ1v) is 9.79. The molecule has 25 heavy (non-hydrogen) atoms. The van der Waals surface area contributed by atoms with E-state index in [0.29, 0.717) is 11.3 Å². The minimum atomic E-state index is -0.518. The summed E-state index contributed by atoms with van der Waals surface area (Å²) in [6.07, 6.45) is 4.96. The van der Waals surface area contributed by atoms with Crippen molar-refractivity contribution in [2.75, 3.05) is 13.1 Å². The second-order valence-electron chi connectivity index (χ2n) is 6.43. The highest BCUT2D eigenvalue weighted by Gasteiger charge is 2.27. The molecule has 0 spiro atoms. The molecule has 1 N–H and O–H groups in total. The van der Waals surface area contributed by atoms with E-state index in [0.717, 1.165) is 31.5 Å². The van der Waals surface area contributed by atoms with Crippen LogP contribution in [0.5, 0.6) is 0 Å². The van der Waals surface area contributed by atoms with Gasteiger partial charge in [-0.25, -0.2) is 0 Å². The Kier molecular flexibility index (Phi) is 6.23. The summed E-state index contributed by atoms with van der Waals surface area (Å²) in [5.74, 6) is -0.130. The lowest BCUT2D eigenvalue weighted by Crippen LogP contribution is -2.49. The Morgan fingerprint density at radius 2 is 1.72 bits per heavy atom. The average molecular weight is 356 g/mol. The summed E-state index contributed by atoms with van der Waals surface area (Å²) in [4.78, 5) is 28.1. The highest BCUT2D eigenvalue weighted by molar-refractivity contribution is 7.12. The Hall–Kier alpha value is -2.14. The molecule has 2 heterocycles. The lowest BCUT2D eigenvalue weighted by Gasteiger charge is -2.27. The number of nitrogens with one attached hydrogen (secondary N) is 1. The monoisotopic (exact) mass is 356 g/mol. The van der Waals surface area contributed by atoms with Crippen molar-refractivity contribution in [2.24, 2.45) is 0 Å². The summed E-state index contributed by atoms with van der Waals surface area (Å²) in [6.45, 7) is 1.58. The standard InChI is InChI=1S/C20H24N2O2S/c23-19(18-11-8-14-25-18)21-17(15-16-9-4-3-5-10-16)20(24)22-12-6-1-2-7-13-22/h3-5,8-11,14,17H,1-2,6-7,12-13,15H2,(H,21,23)/t17-/m0/s1. The highest BCUT2D eigenvalue weighted by Crippen LogP contribution is 2.14. The van der Waals surface area contributed by atoms with E-state index in [4.69, 9.17) is 0 Å². The van der Waals surface area contributed by atoms with Crippen LogP contribution in [-0.4, -0.2) is 35.8 Å². The van der Waals surface area contributed by atoms with Crippen LogP contribution in [0.25, 0.3) is 0 Å². The van der Waals surface area contributed by atoms with Gasteiger partial charge in [-0.3, -0.25) is 9.59 Å². The van der Waals surface area contributed by atoms with Gasteiger partial charge in [0, 0.05) is 19.5 Å². The van der Waals surface area contributed by atoms with E-state index in [1.807, 2.05) is 46.7 Å². The van der Waals surface area contributed by atoms with Gasteiger partial charge in [0.2, 0.25) is 5.91 Å². The third-order valence-corrected chi connectivity index (χ3v) is 5.42. The van der Waals surface area contributed by atoms with Crippen molar-refractivity contribution < 1.29 is 9.59 Å². The van der Waals surface area contributed by atoms with Gasteiger partial charge in [0.25, 0.3) is 5.91 Å². The summed E-state index contributed by atoms with van der Waals surface area (Å²) >= 11 is 1.39. The fourth-order valence-corrected chi connectivity index (χ4v) is 3.83. The van der Waals surface area contributed by atoms with Gasteiger partial charge in [-0.15, -0.1) is 11.3 Å². The molecule has 0 radical (unpaired) electrons. The average Bonchev–Trinajstić information content (AvgIpc) is 3.04. The minimum Gasteiger partial charge on any atom is -0.341 e. The highest BCUT2D eigenvalue weighted by atomic mass is 32.1. The maximum absolute atomic E-state index is 13.1. The SMILES string of the molecule is O=C(N[C@@H](Cc1ccccc1)C(=O)N1CCCCCC1)c1cccs1. The zero-order valence-electron chi connectivity index (χ0n) is 14.3. The number of hydrogen-bond donors (Lipinski definition) is 1. The molecule has 0 bridgehead atoms. The van der Waals surface area contributed by atoms with Crippen molar-refractivity contribution in [3.8, 4) is 0 Å². The Balaban J connectivity index is 1.75. The van der Waals surface area contributed by atoms with Crippen molar-refractivity contribution >= 4 is 23.2 Å². The molecule has 4 nitrogen and oxygen atoms in total. The van der Waals surface area contributed by atoms with Gasteiger partial charge < -0.3 is 10.2 Å². The molecule has 0 unspecified atom stereocenters. The Bertz CT molecular complexity index is 677. The number of hydrogen-bond acceptors (Lipinski definition) is 3. The topological polar surface area (TPSA) is 49.4 Å². The molecule has 1 saturated heterocycles. The molecule has 1 aromatic carbocycles. The molecule has 1 aromatic heterocycles. The molecule has 1 aliphatic heterocycles. The van der Waals surface area contributed by atoms with E-state index >= 15 is 0 Å². The number of nitrogens with zero attached hydrogens (tertiary/aromatic N) is 1. The second-order valence-corrected chi connectivity index (χ2v) is 7.38. The Morgan fingerprint density at radius 3 is 2.36 bits per heavy atom. The lowest BCUT2D eigenvalue weighted by molar-refractivity contribution is -0.133. The van der Waals surface area contributed by atoms with Crippen LogP contribution in [0.15, 0.2) is 47.8 Å². The molecule has 1 atom stereocenters. The van der Waals surface area contributed by atoms with E-state index in [1.165, 1.54) is 24.2 Å². The molecular weight excluding hydrogens is 332 g/mol. The number of carbonyl (C=O) groups excluding carboxylic acids is 2. The first-order valence-electron chi connectivity index (χ1n) is 8.91. The molecule has 1 fully saturated rings. The summed E-state index contributed by atoms with van der Waals surface area (Å²) in [6, 6.07) is 13.0. The van der Waals surface area contributed by atoms with Crippen molar-refractivity contribution in [2.45, 2.75) is 38.1 Å². The van der Waals surface area contributed by atoms with E-state index in [9.17, 15) is 9.59 Å². The van der Waals surface area contributed by atoms with E-state index < -0.39 is 6.04 Å². The third kappa shape index (κ3) is 4.92. The van der Waals surface area contributed by atoms with Gasteiger partial charge >= 0.3 is 0 Å². The molecule has 5 heteroatoms. The van der Waals surface area contributed by atoms with Gasteiger partial charge in [0.15, 0.2) is 0 Å². The molecule has 132 valence electrons. The molecule has 2 amide bonds. The first-order chi connectivity index (χ1) is 12.2. The normalized spacial score (nSPS) is 16.1. The lowest BCUT2D eigenvalue weighted by atomic mass is 10.0. The second kappa shape index (κ2) is 8.81. The number of likely N-dealkylation sites (tertiary alicyclic amines) is 1. The Morgan fingerprint density at radius 1 is 1.00 bits per heavy atom. The summed E-state index contributed by atoms with van der Waals surface area (Å²) in [5.41, 5.74) is 1.06. The fourth-order valence-electron chi connectivity index (χ4n) is 3.20. The number of benzene rings is 1. The molecule has 2 aromatic rings. The number of rotatable bonds is 5. The summed E-state index contributed by atoms with van der Waals surface area (Å²) < 4.78 is 0. The largest absolute Gasteiger partial charge is 0.341 e. The van der Waals surface area contributed by atoms with Crippen LogP contribution in [0.3, 0.4) is 0 Å². The van der Waals surface area contributed by atoms with Crippen LogP contribution >= 0.6 is 11.3 Å². The number of amides is 2. The van der Waals surface area contributed by atoms with E-state index in [2.05, 4.69) is 5.32 Å². The van der Waals surface area contributed by atoms with Crippen LogP contribution in [0.2, 0.25) is 0 Å². The van der Waals surface area contributed by atoms with Gasteiger partial charge in [-0.2, -0.15) is 0 Å². The van der Waals surface area contributed by atoms with Crippen LogP contribution < -0.4 is 5.32 Å². The smallest absolute Gasteiger partial charge is 0.262 e. The molecule has 1 aliphatic rings. The van der Waals surface area contributed by atoms with Crippen LogP contribution in [0.1, 0.15) is 40.9 Å². The van der Waals surface area contributed by atoms with Crippen molar-refractivity contribution in [1.29, 1.82) is 0 Å². The maximum atomic E-state index is 13.1. The summed E-state index contributed by atoms with van der Waals surface area (Å²) in [5, 5.41) is 4.84. The van der Waals surface area contributed by atoms with Gasteiger partial charge in [-0.1, -0.05) is 49.2 Å². The van der Waals surface area contributed by atoms with Crippen LogP contribution in [-0.2, 0) is 11.2 Å². The third-order valence-electron chi connectivity index (χ3n) is 4.55. The van der Waals surface area contributed by atoms with Crippen molar-refractivity contribution in [1.82, 2.24) is 10.2 Å². The molecule has 3 rings (SSSR count). The zero-order chi connectivity index (χ0) is 17.5. The van der Waals surface area contributed by atoms with Crippen LogP contribution in [0.4, 0.5) is 0 Å².